The molecule has 1 aromatic rings. The number of amides is 1. The summed E-state index contributed by atoms with van der Waals surface area (Å²) < 4.78 is 26.8. The molecule has 1 N–H and O–H groups in total. The molecule has 0 aromatic heterocycles. The summed E-state index contributed by atoms with van der Waals surface area (Å²) in [6, 6.07) is 3.80. The van der Waals surface area contributed by atoms with Crippen molar-refractivity contribution in [2.75, 3.05) is 39.8 Å². The topological polar surface area (TPSA) is 113 Å². The van der Waals surface area contributed by atoms with Gasteiger partial charge in [-0.3, -0.25) is 14.9 Å². The van der Waals surface area contributed by atoms with Gasteiger partial charge in [0, 0.05) is 38.3 Å². The SMILES string of the molecule is CNCC(=O)N1CCN(S(=O)(=O)c2cc([N+](=O)[O-])ccc2C)CC1. The molecule has 1 heterocycles. The second-order valence-corrected chi connectivity index (χ2v) is 7.43. The largest absolute Gasteiger partial charge is 0.339 e. The normalized spacial score (nSPS) is 16.2. The molecule has 0 spiro atoms. The van der Waals surface area contributed by atoms with Gasteiger partial charge in [0.1, 0.15) is 0 Å². The Hall–Kier alpha value is -2.04. The maximum atomic E-state index is 12.8. The van der Waals surface area contributed by atoms with Crippen molar-refractivity contribution in [3.05, 3.63) is 33.9 Å². The molecule has 24 heavy (non-hydrogen) atoms. The van der Waals surface area contributed by atoms with E-state index in [0.717, 1.165) is 6.07 Å². The van der Waals surface area contributed by atoms with E-state index in [1.54, 1.807) is 18.9 Å². The summed E-state index contributed by atoms with van der Waals surface area (Å²) in [5.74, 6) is -0.0823. The van der Waals surface area contributed by atoms with Crippen molar-refractivity contribution in [1.82, 2.24) is 14.5 Å². The fraction of sp³-hybridized carbons (Fsp3) is 0.500. The molecule has 1 fully saturated rings. The van der Waals surface area contributed by atoms with Crippen LogP contribution >= 0.6 is 0 Å². The molecule has 1 aromatic carbocycles. The molecule has 1 aliphatic heterocycles. The van der Waals surface area contributed by atoms with E-state index in [-0.39, 0.29) is 36.1 Å². The van der Waals surface area contributed by atoms with Gasteiger partial charge in [0.2, 0.25) is 15.9 Å². The molecule has 1 amide bonds. The molecule has 1 aliphatic rings. The van der Waals surface area contributed by atoms with E-state index in [4.69, 9.17) is 0 Å². The molecule has 132 valence electrons. The number of sulfonamides is 1. The van der Waals surface area contributed by atoms with Crippen LogP contribution in [0.5, 0.6) is 0 Å². The lowest BCUT2D eigenvalue weighted by atomic mass is 10.2. The van der Waals surface area contributed by atoms with Crippen LogP contribution in [0.15, 0.2) is 23.1 Å². The van der Waals surface area contributed by atoms with Gasteiger partial charge < -0.3 is 10.2 Å². The first-order chi connectivity index (χ1) is 11.3. The van der Waals surface area contributed by atoms with E-state index in [2.05, 4.69) is 5.32 Å². The molecular weight excluding hydrogens is 336 g/mol. The summed E-state index contributed by atoms with van der Waals surface area (Å²) in [6.45, 7) is 2.74. The van der Waals surface area contributed by atoms with Gasteiger partial charge in [0.15, 0.2) is 0 Å². The molecule has 0 unspecified atom stereocenters. The number of likely N-dealkylation sites (N-methyl/N-ethyl adjacent to an activating group) is 1. The Morgan fingerprint density at radius 3 is 2.46 bits per heavy atom. The van der Waals surface area contributed by atoms with Crippen LogP contribution in [0.3, 0.4) is 0 Å². The molecule has 2 rings (SSSR count). The highest BCUT2D eigenvalue weighted by molar-refractivity contribution is 7.89. The third kappa shape index (κ3) is 3.71. The first-order valence-corrected chi connectivity index (χ1v) is 8.89. The van der Waals surface area contributed by atoms with Crippen LogP contribution < -0.4 is 5.32 Å². The van der Waals surface area contributed by atoms with Gasteiger partial charge in [-0.2, -0.15) is 4.31 Å². The third-order valence-corrected chi connectivity index (χ3v) is 5.96. The lowest BCUT2D eigenvalue weighted by Gasteiger charge is -2.34. The summed E-state index contributed by atoms with van der Waals surface area (Å²) in [6.07, 6.45) is 0. The summed E-state index contributed by atoms with van der Waals surface area (Å²) in [5.41, 5.74) is 0.191. The Kier molecular flexibility index (Phi) is 5.52. The highest BCUT2D eigenvalue weighted by Gasteiger charge is 2.31. The fourth-order valence-electron chi connectivity index (χ4n) is 2.56. The Morgan fingerprint density at radius 2 is 1.92 bits per heavy atom. The van der Waals surface area contributed by atoms with Gasteiger partial charge in [-0.05, 0) is 19.5 Å². The summed E-state index contributed by atoms with van der Waals surface area (Å²) >= 11 is 0. The van der Waals surface area contributed by atoms with Crippen LogP contribution in [0.2, 0.25) is 0 Å². The van der Waals surface area contributed by atoms with Gasteiger partial charge in [-0.15, -0.1) is 0 Å². The minimum atomic E-state index is -3.83. The van der Waals surface area contributed by atoms with Crippen LogP contribution in [0, 0.1) is 17.0 Å². The van der Waals surface area contributed by atoms with Gasteiger partial charge in [0.25, 0.3) is 5.69 Å². The molecule has 10 heteroatoms. The Morgan fingerprint density at radius 1 is 1.29 bits per heavy atom. The van der Waals surface area contributed by atoms with Crippen molar-refractivity contribution in [1.29, 1.82) is 0 Å². The predicted molar refractivity (Wildman–Crippen MR) is 87.1 cm³/mol. The van der Waals surface area contributed by atoms with Gasteiger partial charge in [-0.1, -0.05) is 6.07 Å². The minimum absolute atomic E-state index is 0.0632. The van der Waals surface area contributed by atoms with Crippen LogP contribution in [0.4, 0.5) is 5.69 Å². The number of hydrogen-bond acceptors (Lipinski definition) is 6. The molecule has 9 nitrogen and oxygen atoms in total. The van der Waals surface area contributed by atoms with Crippen molar-refractivity contribution in [3.8, 4) is 0 Å². The molecule has 1 saturated heterocycles. The molecule has 0 aliphatic carbocycles. The van der Waals surface area contributed by atoms with Gasteiger partial charge in [0.05, 0.1) is 16.4 Å². The monoisotopic (exact) mass is 356 g/mol. The fourth-order valence-corrected chi connectivity index (χ4v) is 4.23. The average molecular weight is 356 g/mol. The summed E-state index contributed by atoms with van der Waals surface area (Å²) in [4.78, 5) is 23.6. The van der Waals surface area contributed by atoms with Crippen molar-refractivity contribution in [2.45, 2.75) is 11.8 Å². The number of hydrogen-bond donors (Lipinski definition) is 1. The van der Waals surface area contributed by atoms with E-state index in [9.17, 15) is 23.3 Å². The maximum Gasteiger partial charge on any atom is 0.270 e. The van der Waals surface area contributed by atoms with E-state index in [0.29, 0.717) is 18.7 Å². The van der Waals surface area contributed by atoms with Crippen LogP contribution in [-0.4, -0.2) is 68.2 Å². The van der Waals surface area contributed by atoms with Crippen molar-refractivity contribution in [3.63, 3.8) is 0 Å². The van der Waals surface area contributed by atoms with Gasteiger partial charge >= 0.3 is 0 Å². The third-order valence-electron chi connectivity index (χ3n) is 3.92. The smallest absolute Gasteiger partial charge is 0.270 e. The number of nitrogens with one attached hydrogen (secondary N) is 1. The average Bonchev–Trinajstić information content (AvgIpc) is 2.55. The minimum Gasteiger partial charge on any atom is -0.339 e. The van der Waals surface area contributed by atoms with Crippen molar-refractivity contribution in [2.24, 2.45) is 0 Å². The van der Waals surface area contributed by atoms with E-state index in [1.165, 1.54) is 16.4 Å². The van der Waals surface area contributed by atoms with Gasteiger partial charge in [-0.25, -0.2) is 8.42 Å². The Balaban J connectivity index is 2.19. The van der Waals surface area contributed by atoms with Crippen molar-refractivity contribution >= 4 is 21.6 Å². The lowest BCUT2D eigenvalue weighted by molar-refractivity contribution is -0.385. The maximum absolute atomic E-state index is 12.8. The van der Waals surface area contributed by atoms with Crippen LogP contribution in [-0.2, 0) is 14.8 Å². The first-order valence-electron chi connectivity index (χ1n) is 7.45. The number of aryl methyl sites for hydroxylation is 1. The summed E-state index contributed by atoms with van der Waals surface area (Å²) in [7, 11) is -2.16. The highest BCUT2D eigenvalue weighted by atomic mass is 32.2. The number of nitrogens with zero attached hydrogens (tertiary/aromatic N) is 3. The molecule has 0 atom stereocenters. The number of piperazine rings is 1. The van der Waals surface area contributed by atoms with Crippen molar-refractivity contribution < 1.29 is 18.1 Å². The molecular formula is C14H20N4O5S. The number of carbonyl (C=O) groups is 1. The number of carbonyl (C=O) groups excluding carboxylic acids is 1. The summed E-state index contributed by atoms with van der Waals surface area (Å²) in [5, 5.41) is 13.7. The lowest BCUT2D eigenvalue weighted by Crippen LogP contribution is -2.52. The zero-order chi connectivity index (χ0) is 17.9. The van der Waals surface area contributed by atoms with E-state index >= 15 is 0 Å². The zero-order valence-corrected chi connectivity index (χ0v) is 14.4. The number of nitro benzene ring substituents is 1. The highest BCUT2D eigenvalue weighted by Crippen LogP contribution is 2.25. The molecule has 0 saturated carbocycles. The quantitative estimate of drug-likeness (QED) is 0.585. The Labute approximate surface area is 140 Å². The van der Waals surface area contributed by atoms with E-state index < -0.39 is 14.9 Å². The molecule has 0 bridgehead atoms. The number of rotatable bonds is 5. The molecule has 0 radical (unpaired) electrons. The Bertz CT molecular complexity index is 742. The number of nitro groups is 1. The van der Waals surface area contributed by atoms with Crippen LogP contribution in [0.25, 0.3) is 0 Å². The van der Waals surface area contributed by atoms with Crippen LogP contribution in [0.1, 0.15) is 5.56 Å². The van der Waals surface area contributed by atoms with E-state index in [1.807, 2.05) is 0 Å². The zero-order valence-electron chi connectivity index (χ0n) is 13.6. The standard InChI is InChI=1S/C14H20N4O5S/c1-11-3-4-12(18(20)21)9-13(11)24(22,23)17-7-5-16(6-8-17)14(19)10-15-2/h3-4,9,15H,5-8,10H2,1-2H3. The first kappa shape index (κ1) is 18.3. The predicted octanol–water partition coefficient (Wildman–Crippen LogP) is -0.0445. The number of benzene rings is 1. The second-order valence-electron chi connectivity index (χ2n) is 5.52. The number of non-ortho nitro benzene ring substituents is 1. The second kappa shape index (κ2) is 7.24.